The lowest BCUT2D eigenvalue weighted by molar-refractivity contribution is 0.487. The molecule has 0 aromatic rings. The highest BCUT2D eigenvalue weighted by Gasteiger charge is 1.89. The Labute approximate surface area is 82.2 Å². The second kappa shape index (κ2) is 6.69. The van der Waals surface area contributed by atoms with Crippen LogP contribution < -0.4 is 0 Å². The van der Waals surface area contributed by atoms with Gasteiger partial charge in [-0.25, -0.2) is 0 Å². The largest absolute Gasteiger partial charge is 0.454 e. The Morgan fingerprint density at radius 3 is 1.50 bits per heavy atom. The fourth-order valence-electron chi connectivity index (χ4n) is 0.379. The minimum absolute atomic E-state index is 0.278. The SMILES string of the molecule is C=COC(=S)/C=C\C(=S)OC=C. The van der Waals surface area contributed by atoms with Crippen molar-refractivity contribution in [1.82, 2.24) is 0 Å². The molecule has 0 fully saturated rings. The Balaban J connectivity index is 3.88. The van der Waals surface area contributed by atoms with Gasteiger partial charge < -0.3 is 9.47 Å². The van der Waals surface area contributed by atoms with Gasteiger partial charge in [0.1, 0.15) is 0 Å². The molecular formula is C8H8O2S2. The molecule has 0 aromatic heterocycles. The molecule has 0 aromatic carbocycles. The molecule has 0 bridgehead atoms. The van der Waals surface area contributed by atoms with Gasteiger partial charge in [-0.15, -0.1) is 0 Å². The van der Waals surface area contributed by atoms with Crippen LogP contribution in [0, 0.1) is 0 Å². The lowest BCUT2D eigenvalue weighted by atomic mass is 10.5. The number of hydrogen-bond acceptors (Lipinski definition) is 4. The van der Waals surface area contributed by atoms with Gasteiger partial charge in [0, 0.05) is 0 Å². The van der Waals surface area contributed by atoms with Crippen molar-refractivity contribution in [2.75, 3.05) is 0 Å². The van der Waals surface area contributed by atoms with Crippen molar-refractivity contribution in [3.63, 3.8) is 0 Å². The molecule has 0 spiro atoms. The second-order valence-electron chi connectivity index (χ2n) is 1.54. The van der Waals surface area contributed by atoms with E-state index in [9.17, 15) is 0 Å². The molecule has 0 rings (SSSR count). The summed E-state index contributed by atoms with van der Waals surface area (Å²) in [5, 5.41) is 0.556. The Morgan fingerprint density at radius 2 is 1.25 bits per heavy atom. The molecule has 0 aliphatic rings. The van der Waals surface area contributed by atoms with Gasteiger partial charge in [-0.1, -0.05) is 13.2 Å². The van der Waals surface area contributed by atoms with Crippen LogP contribution in [0.3, 0.4) is 0 Å². The summed E-state index contributed by atoms with van der Waals surface area (Å²) >= 11 is 9.47. The summed E-state index contributed by atoms with van der Waals surface area (Å²) < 4.78 is 9.48. The van der Waals surface area contributed by atoms with Crippen LogP contribution in [-0.4, -0.2) is 10.1 Å². The summed E-state index contributed by atoms with van der Waals surface area (Å²) in [5.41, 5.74) is 0. The summed E-state index contributed by atoms with van der Waals surface area (Å²) in [6.45, 7) is 6.68. The van der Waals surface area contributed by atoms with Crippen LogP contribution in [0.5, 0.6) is 0 Å². The normalized spacial score (nSPS) is 9.00. The van der Waals surface area contributed by atoms with E-state index in [1.807, 2.05) is 0 Å². The number of rotatable bonds is 4. The number of thiocarbonyl (C=S) groups is 2. The molecule has 0 saturated heterocycles. The van der Waals surface area contributed by atoms with E-state index in [1.54, 1.807) is 0 Å². The summed E-state index contributed by atoms with van der Waals surface area (Å²) in [5.74, 6) is 0. The van der Waals surface area contributed by atoms with Crippen molar-refractivity contribution >= 4 is 34.5 Å². The number of hydrogen-bond donors (Lipinski definition) is 0. The molecule has 0 aliphatic heterocycles. The first kappa shape index (κ1) is 11.0. The van der Waals surface area contributed by atoms with Gasteiger partial charge in [-0.2, -0.15) is 0 Å². The van der Waals surface area contributed by atoms with Crippen molar-refractivity contribution in [1.29, 1.82) is 0 Å². The van der Waals surface area contributed by atoms with Gasteiger partial charge in [0.05, 0.1) is 12.5 Å². The van der Waals surface area contributed by atoms with E-state index in [4.69, 9.17) is 33.9 Å². The van der Waals surface area contributed by atoms with E-state index in [0.717, 1.165) is 0 Å². The van der Waals surface area contributed by atoms with Gasteiger partial charge in [0.15, 0.2) is 10.1 Å². The standard InChI is InChI=1S/C8H8O2S2/c1-3-9-7(11)5-6-8(12)10-4-2/h3-6H,1-2H2/b6-5-. The molecule has 4 heteroatoms. The zero-order valence-corrected chi connectivity index (χ0v) is 7.99. The smallest absolute Gasteiger partial charge is 0.189 e. The van der Waals surface area contributed by atoms with Gasteiger partial charge in [0.25, 0.3) is 0 Å². The van der Waals surface area contributed by atoms with E-state index in [1.165, 1.54) is 24.7 Å². The van der Waals surface area contributed by atoms with Crippen LogP contribution in [0.4, 0.5) is 0 Å². The molecule has 0 N–H and O–H groups in total. The lowest BCUT2D eigenvalue weighted by Gasteiger charge is -1.95. The maximum Gasteiger partial charge on any atom is 0.189 e. The van der Waals surface area contributed by atoms with Crippen LogP contribution in [0.1, 0.15) is 0 Å². The molecule has 0 radical (unpaired) electrons. The van der Waals surface area contributed by atoms with Gasteiger partial charge in [0.2, 0.25) is 0 Å². The van der Waals surface area contributed by atoms with Crippen LogP contribution in [0.25, 0.3) is 0 Å². The van der Waals surface area contributed by atoms with E-state index in [0.29, 0.717) is 0 Å². The fraction of sp³-hybridized carbons (Fsp3) is 0. The fourth-order valence-corrected chi connectivity index (χ4v) is 0.651. The maximum atomic E-state index is 4.74. The van der Waals surface area contributed by atoms with Crippen molar-refractivity contribution in [2.45, 2.75) is 0 Å². The predicted molar refractivity (Wildman–Crippen MR) is 56.9 cm³/mol. The molecule has 0 saturated carbocycles. The first-order chi connectivity index (χ1) is 5.70. The zero-order chi connectivity index (χ0) is 9.40. The van der Waals surface area contributed by atoms with Gasteiger partial charge in [-0.05, 0) is 36.6 Å². The highest BCUT2D eigenvalue weighted by Crippen LogP contribution is 1.90. The van der Waals surface area contributed by atoms with Crippen molar-refractivity contribution in [3.05, 3.63) is 37.8 Å². The van der Waals surface area contributed by atoms with Crippen LogP contribution >= 0.6 is 24.4 Å². The van der Waals surface area contributed by atoms with Gasteiger partial charge >= 0.3 is 0 Å². The molecule has 0 aliphatic carbocycles. The molecule has 2 nitrogen and oxygen atoms in total. The molecular weight excluding hydrogens is 192 g/mol. The van der Waals surface area contributed by atoms with Gasteiger partial charge in [-0.3, -0.25) is 0 Å². The highest BCUT2D eigenvalue weighted by atomic mass is 32.1. The second-order valence-corrected chi connectivity index (χ2v) is 2.35. The summed E-state index contributed by atoms with van der Waals surface area (Å²) in [6.07, 6.45) is 5.49. The first-order valence-electron chi connectivity index (χ1n) is 3.02. The summed E-state index contributed by atoms with van der Waals surface area (Å²) in [7, 11) is 0. The Morgan fingerprint density at radius 1 is 0.917 bits per heavy atom. The molecule has 0 unspecified atom stereocenters. The minimum Gasteiger partial charge on any atom is -0.454 e. The Kier molecular flexibility index (Phi) is 6.14. The third kappa shape index (κ3) is 5.76. The minimum atomic E-state index is 0.278. The maximum absolute atomic E-state index is 4.74. The van der Waals surface area contributed by atoms with Crippen molar-refractivity contribution in [3.8, 4) is 0 Å². The molecule has 64 valence electrons. The zero-order valence-electron chi connectivity index (χ0n) is 6.36. The third-order valence-corrected chi connectivity index (χ3v) is 1.22. The Bertz CT molecular complexity index is 207. The first-order valence-corrected chi connectivity index (χ1v) is 3.83. The van der Waals surface area contributed by atoms with Crippen molar-refractivity contribution in [2.24, 2.45) is 0 Å². The van der Waals surface area contributed by atoms with Crippen LogP contribution in [0.2, 0.25) is 0 Å². The summed E-state index contributed by atoms with van der Waals surface area (Å²) in [6, 6.07) is 0. The monoisotopic (exact) mass is 200 g/mol. The molecule has 0 heterocycles. The number of ether oxygens (including phenoxy) is 2. The quantitative estimate of drug-likeness (QED) is 0.394. The van der Waals surface area contributed by atoms with E-state index >= 15 is 0 Å². The lowest BCUT2D eigenvalue weighted by Crippen LogP contribution is -1.94. The molecule has 0 atom stereocenters. The average Bonchev–Trinajstić information content (AvgIpc) is 2.02. The van der Waals surface area contributed by atoms with E-state index in [-0.39, 0.29) is 10.1 Å². The predicted octanol–water partition coefficient (Wildman–Crippen LogP) is 2.52. The third-order valence-electron chi connectivity index (χ3n) is 0.754. The van der Waals surface area contributed by atoms with Crippen molar-refractivity contribution < 1.29 is 9.47 Å². The molecule has 0 amide bonds. The topological polar surface area (TPSA) is 18.5 Å². The highest BCUT2D eigenvalue weighted by molar-refractivity contribution is 7.80. The molecule has 12 heavy (non-hydrogen) atoms. The van der Waals surface area contributed by atoms with Crippen LogP contribution in [0.15, 0.2) is 37.8 Å². The Hall–Kier alpha value is -1.00. The van der Waals surface area contributed by atoms with E-state index < -0.39 is 0 Å². The average molecular weight is 200 g/mol. The summed E-state index contributed by atoms with van der Waals surface area (Å²) in [4.78, 5) is 0. The van der Waals surface area contributed by atoms with E-state index in [2.05, 4.69) is 13.2 Å². The van der Waals surface area contributed by atoms with Crippen LogP contribution in [-0.2, 0) is 9.47 Å².